The zero-order chi connectivity index (χ0) is 12.3. The van der Waals surface area contributed by atoms with E-state index in [0.29, 0.717) is 10.8 Å². The molecule has 2 rings (SSSR count). The molecule has 1 aliphatic rings. The fourth-order valence-electron chi connectivity index (χ4n) is 2.19. The maximum absolute atomic E-state index is 9.77. The van der Waals surface area contributed by atoms with Gasteiger partial charge in [-0.2, -0.15) is 0 Å². The monoisotopic (exact) mass is 254 g/mol. The minimum absolute atomic E-state index is 0.340. The molecular formula is C13H19ClN2O. The van der Waals surface area contributed by atoms with Crippen molar-refractivity contribution in [1.82, 2.24) is 9.80 Å². The lowest BCUT2D eigenvalue weighted by atomic mass is 10.1. The first-order valence-electron chi connectivity index (χ1n) is 6.11. The molecule has 0 radical (unpaired) electrons. The summed E-state index contributed by atoms with van der Waals surface area (Å²) in [5.74, 6) is 0.340. The number of hydrogen-bond acceptors (Lipinski definition) is 3. The van der Waals surface area contributed by atoms with E-state index < -0.39 is 0 Å². The summed E-state index contributed by atoms with van der Waals surface area (Å²) < 4.78 is 0. The average Bonchev–Trinajstić information content (AvgIpc) is 2.35. The van der Waals surface area contributed by atoms with E-state index in [1.165, 1.54) is 0 Å². The molecule has 3 nitrogen and oxygen atoms in total. The molecular weight excluding hydrogens is 236 g/mol. The van der Waals surface area contributed by atoms with Crippen molar-refractivity contribution < 1.29 is 5.11 Å². The second-order valence-electron chi connectivity index (χ2n) is 4.48. The molecule has 1 aromatic carbocycles. The molecule has 1 heterocycles. The minimum Gasteiger partial charge on any atom is -0.508 e. The smallest absolute Gasteiger partial charge is 0.120 e. The van der Waals surface area contributed by atoms with Crippen LogP contribution in [-0.2, 0) is 6.54 Å². The summed E-state index contributed by atoms with van der Waals surface area (Å²) in [5, 5.41) is 10.5. The van der Waals surface area contributed by atoms with E-state index in [9.17, 15) is 5.11 Å². The molecule has 1 aromatic rings. The summed E-state index contributed by atoms with van der Waals surface area (Å²) in [5.41, 5.74) is 0.919. The molecule has 17 heavy (non-hydrogen) atoms. The molecule has 1 fully saturated rings. The Labute approximate surface area is 108 Å². The first kappa shape index (κ1) is 12.7. The van der Waals surface area contributed by atoms with Crippen molar-refractivity contribution in [2.45, 2.75) is 13.5 Å². The van der Waals surface area contributed by atoms with Gasteiger partial charge in [-0.25, -0.2) is 0 Å². The van der Waals surface area contributed by atoms with Gasteiger partial charge in [-0.3, -0.25) is 4.90 Å². The summed E-state index contributed by atoms with van der Waals surface area (Å²) in [7, 11) is 0. The molecule has 0 amide bonds. The lowest BCUT2D eigenvalue weighted by molar-refractivity contribution is 0.131. The van der Waals surface area contributed by atoms with Crippen molar-refractivity contribution in [1.29, 1.82) is 0 Å². The Balaban J connectivity index is 1.95. The highest BCUT2D eigenvalue weighted by molar-refractivity contribution is 6.30. The molecule has 0 aliphatic carbocycles. The average molecular weight is 255 g/mol. The Hall–Kier alpha value is -0.770. The second kappa shape index (κ2) is 5.71. The van der Waals surface area contributed by atoms with Crippen LogP contribution < -0.4 is 0 Å². The number of rotatable bonds is 3. The molecule has 0 aromatic heterocycles. The minimum atomic E-state index is 0.340. The predicted octanol–water partition coefficient (Wildman–Crippen LogP) is 2.18. The zero-order valence-corrected chi connectivity index (χ0v) is 11.0. The molecule has 94 valence electrons. The van der Waals surface area contributed by atoms with Gasteiger partial charge >= 0.3 is 0 Å². The van der Waals surface area contributed by atoms with E-state index in [0.717, 1.165) is 44.8 Å². The van der Waals surface area contributed by atoms with Crippen LogP contribution in [0.4, 0.5) is 0 Å². The van der Waals surface area contributed by atoms with E-state index in [2.05, 4.69) is 16.7 Å². The summed E-state index contributed by atoms with van der Waals surface area (Å²) in [6.07, 6.45) is 0. The SMILES string of the molecule is CCN1CCN(Cc2cc(Cl)ccc2O)CC1. The number of hydrogen-bond donors (Lipinski definition) is 1. The lowest BCUT2D eigenvalue weighted by Crippen LogP contribution is -2.45. The van der Waals surface area contributed by atoms with Crippen molar-refractivity contribution in [3.63, 3.8) is 0 Å². The molecule has 0 atom stereocenters. The van der Waals surface area contributed by atoms with Gasteiger partial charge < -0.3 is 10.0 Å². The van der Waals surface area contributed by atoms with E-state index in [1.54, 1.807) is 12.1 Å². The summed E-state index contributed by atoms with van der Waals surface area (Å²) >= 11 is 5.94. The number of likely N-dealkylation sites (N-methyl/N-ethyl adjacent to an activating group) is 1. The summed E-state index contributed by atoms with van der Waals surface area (Å²) in [4.78, 5) is 4.80. The number of phenolic OH excluding ortho intramolecular Hbond substituents is 1. The predicted molar refractivity (Wildman–Crippen MR) is 70.5 cm³/mol. The van der Waals surface area contributed by atoms with Crippen LogP contribution in [0.15, 0.2) is 18.2 Å². The van der Waals surface area contributed by atoms with Crippen LogP contribution in [0.1, 0.15) is 12.5 Å². The maximum Gasteiger partial charge on any atom is 0.120 e. The third-order valence-corrected chi connectivity index (χ3v) is 3.58. The van der Waals surface area contributed by atoms with Crippen LogP contribution in [0.2, 0.25) is 5.02 Å². The van der Waals surface area contributed by atoms with Gasteiger partial charge in [0.05, 0.1) is 0 Å². The highest BCUT2D eigenvalue weighted by atomic mass is 35.5. The van der Waals surface area contributed by atoms with Crippen LogP contribution in [0, 0.1) is 0 Å². The van der Waals surface area contributed by atoms with Crippen molar-refractivity contribution in [3.8, 4) is 5.75 Å². The molecule has 0 spiro atoms. The van der Waals surface area contributed by atoms with Crippen LogP contribution >= 0.6 is 11.6 Å². The Morgan fingerprint density at radius 2 is 1.82 bits per heavy atom. The maximum atomic E-state index is 9.77. The van der Waals surface area contributed by atoms with Crippen LogP contribution in [0.5, 0.6) is 5.75 Å². The highest BCUT2D eigenvalue weighted by Gasteiger charge is 2.16. The number of aromatic hydroxyl groups is 1. The number of phenols is 1. The molecule has 1 N–H and O–H groups in total. The van der Waals surface area contributed by atoms with E-state index >= 15 is 0 Å². The Kier molecular flexibility index (Phi) is 4.26. The summed E-state index contributed by atoms with van der Waals surface area (Å²) in [6, 6.07) is 5.23. The van der Waals surface area contributed by atoms with Crippen molar-refractivity contribution in [3.05, 3.63) is 28.8 Å². The van der Waals surface area contributed by atoms with Gasteiger partial charge in [-0.15, -0.1) is 0 Å². The van der Waals surface area contributed by atoms with E-state index in [1.807, 2.05) is 6.07 Å². The largest absolute Gasteiger partial charge is 0.508 e. The van der Waals surface area contributed by atoms with Crippen molar-refractivity contribution >= 4 is 11.6 Å². The Bertz CT molecular complexity index is 376. The summed E-state index contributed by atoms with van der Waals surface area (Å²) in [6.45, 7) is 8.42. The zero-order valence-electron chi connectivity index (χ0n) is 10.2. The number of nitrogens with zero attached hydrogens (tertiary/aromatic N) is 2. The Morgan fingerprint density at radius 1 is 1.18 bits per heavy atom. The van der Waals surface area contributed by atoms with Gasteiger partial charge in [-0.05, 0) is 24.7 Å². The first-order chi connectivity index (χ1) is 8.19. The molecule has 0 saturated carbocycles. The third kappa shape index (κ3) is 3.35. The second-order valence-corrected chi connectivity index (χ2v) is 4.92. The van der Waals surface area contributed by atoms with Gasteiger partial charge in [0.15, 0.2) is 0 Å². The van der Waals surface area contributed by atoms with E-state index in [-0.39, 0.29) is 0 Å². The van der Waals surface area contributed by atoms with Crippen LogP contribution in [0.25, 0.3) is 0 Å². The highest BCUT2D eigenvalue weighted by Crippen LogP contribution is 2.23. The Morgan fingerprint density at radius 3 is 2.47 bits per heavy atom. The number of benzene rings is 1. The quantitative estimate of drug-likeness (QED) is 0.896. The van der Waals surface area contributed by atoms with Crippen molar-refractivity contribution in [2.24, 2.45) is 0 Å². The first-order valence-corrected chi connectivity index (χ1v) is 6.49. The van der Waals surface area contributed by atoms with Gasteiger partial charge in [0, 0.05) is 43.3 Å². The standard InChI is InChI=1S/C13H19ClN2O/c1-2-15-5-7-16(8-6-15)10-11-9-12(14)3-4-13(11)17/h3-4,9,17H,2,5-8,10H2,1H3. The molecule has 1 saturated heterocycles. The number of halogens is 1. The molecule has 1 aliphatic heterocycles. The van der Waals surface area contributed by atoms with Crippen LogP contribution in [-0.4, -0.2) is 47.6 Å². The van der Waals surface area contributed by atoms with Crippen molar-refractivity contribution in [2.75, 3.05) is 32.7 Å². The van der Waals surface area contributed by atoms with Gasteiger partial charge in [0.25, 0.3) is 0 Å². The van der Waals surface area contributed by atoms with Gasteiger partial charge in [0.1, 0.15) is 5.75 Å². The number of piperazine rings is 1. The lowest BCUT2D eigenvalue weighted by Gasteiger charge is -2.34. The topological polar surface area (TPSA) is 26.7 Å². The third-order valence-electron chi connectivity index (χ3n) is 3.35. The van der Waals surface area contributed by atoms with E-state index in [4.69, 9.17) is 11.6 Å². The normalized spacial score (nSPS) is 18.5. The van der Waals surface area contributed by atoms with Gasteiger partial charge in [-0.1, -0.05) is 18.5 Å². The van der Waals surface area contributed by atoms with Crippen LogP contribution in [0.3, 0.4) is 0 Å². The molecule has 4 heteroatoms. The fourth-order valence-corrected chi connectivity index (χ4v) is 2.38. The fraction of sp³-hybridized carbons (Fsp3) is 0.538. The molecule has 0 bridgehead atoms. The molecule has 0 unspecified atom stereocenters. The van der Waals surface area contributed by atoms with Gasteiger partial charge in [0.2, 0.25) is 0 Å².